The third-order valence-corrected chi connectivity index (χ3v) is 2.49. The van der Waals surface area contributed by atoms with Gasteiger partial charge >= 0.3 is 0 Å². The molecule has 0 aliphatic heterocycles. The van der Waals surface area contributed by atoms with Gasteiger partial charge in [-0.1, -0.05) is 11.6 Å². The van der Waals surface area contributed by atoms with Crippen LogP contribution in [0, 0.1) is 6.92 Å². The molecule has 1 rings (SSSR count). The summed E-state index contributed by atoms with van der Waals surface area (Å²) in [4.78, 5) is 11.7. The Morgan fingerprint density at radius 2 is 2.05 bits per heavy atom. The van der Waals surface area contributed by atoms with Gasteiger partial charge in [0.05, 0.1) is 6.10 Å². The molecule has 0 spiro atoms. The average Bonchev–Trinajstić information content (AvgIpc) is 2.24. The largest absolute Gasteiger partial charge is 0.483 e. The van der Waals surface area contributed by atoms with Crippen LogP contribution in [0.3, 0.4) is 0 Å². The van der Waals surface area contributed by atoms with E-state index < -0.39 is 6.10 Å². The number of carbonyl (C=O) groups excluding carboxylic acids is 1. The van der Waals surface area contributed by atoms with Crippen molar-refractivity contribution in [2.45, 2.75) is 46.3 Å². The summed E-state index contributed by atoms with van der Waals surface area (Å²) in [5, 5.41) is 12.5. The van der Waals surface area contributed by atoms with Crippen LogP contribution in [0.5, 0.6) is 5.75 Å². The molecule has 1 unspecified atom stereocenters. The van der Waals surface area contributed by atoms with Crippen molar-refractivity contribution in [3.63, 3.8) is 0 Å². The first-order chi connectivity index (χ1) is 8.69. The van der Waals surface area contributed by atoms with Crippen molar-refractivity contribution in [2.24, 2.45) is 0 Å². The lowest BCUT2D eigenvalue weighted by Gasteiger charge is -2.21. The molecule has 0 radical (unpaired) electrons. The number of carbonyl (C=O) groups is 1. The molecule has 0 aliphatic carbocycles. The Morgan fingerprint density at radius 1 is 1.42 bits per heavy atom. The molecule has 0 bridgehead atoms. The molecule has 0 heterocycles. The lowest BCUT2D eigenvalue weighted by atomic mass is 10.1. The maximum atomic E-state index is 11.7. The Labute approximate surface area is 114 Å². The van der Waals surface area contributed by atoms with Crippen molar-refractivity contribution in [1.29, 1.82) is 0 Å². The van der Waals surface area contributed by atoms with Crippen molar-refractivity contribution in [3.05, 3.63) is 29.3 Å². The molecule has 4 heteroatoms. The summed E-state index contributed by atoms with van der Waals surface area (Å²) >= 11 is 0. The van der Waals surface area contributed by atoms with Gasteiger partial charge in [0, 0.05) is 11.1 Å². The molecule has 0 fully saturated rings. The molecule has 19 heavy (non-hydrogen) atoms. The number of aliphatic hydroxyl groups excluding tert-OH is 1. The summed E-state index contributed by atoms with van der Waals surface area (Å²) in [5.41, 5.74) is 1.46. The summed E-state index contributed by atoms with van der Waals surface area (Å²) in [7, 11) is 0. The van der Waals surface area contributed by atoms with E-state index in [1.54, 1.807) is 13.0 Å². The number of hydrogen-bond acceptors (Lipinski definition) is 3. The van der Waals surface area contributed by atoms with Gasteiger partial charge in [0.2, 0.25) is 0 Å². The fraction of sp³-hybridized carbons (Fsp3) is 0.533. The Kier molecular flexibility index (Phi) is 4.95. The van der Waals surface area contributed by atoms with Crippen LogP contribution in [0.15, 0.2) is 18.2 Å². The lowest BCUT2D eigenvalue weighted by Crippen LogP contribution is -2.43. The van der Waals surface area contributed by atoms with Crippen LogP contribution >= 0.6 is 0 Å². The highest BCUT2D eigenvalue weighted by molar-refractivity contribution is 5.78. The first kappa shape index (κ1) is 15.5. The normalized spacial score (nSPS) is 12.9. The first-order valence-corrected chi connectivity index (χ1v) is 6.41. The zero-order chi connectivity index (χ0) is 14.6. The Morgan fingerprint density at radius 3 is 2.58 bits per heavy atom. The van der Waals surface area contributed by atoms with Gasteiger partial charge in [0.15, 0.2) is 6.61 Å². The van der Waals surface area contributed by atoms with E-state index in [2.05, 4.69) is 5.32 Å². The van der Waals surface area contributed by atoms with E-state index in [0.29, 0.717) is 11.3 Å². The van der Waals surface area contributed by atoms with Crippen LogP contribution in [0.25, 0.3) is 0 Å². The SMILES string of the molecule is Cc1ccc(OCC(=O)NC(C)(C)C)c(C(C)O)c1. The Bertz CT molecular complexity index is 447. The smallest absolute Gasteiger partial charge is 0.258 e. The Balaban J connectivity index is 2.70. The molecule has 4 nitrogen and oxygen atoms in total. The van der Waals surface area contributed by atoms with Crippen molar-refractivity contribution < 1.29 is 14.6 Å². The van der Waals surface area contributed by atoms with Gasteiger partial charge in [-0.3, -0.25) is 4.79 Å². The highest BCUT2D eigenvalue weighted by Crippen LogP contribution is 2.26. The Hall–Kier alpha value is -1.55. The summed E-state index contributed by atoms with van der Waals surface area (Å²) in [6, 6.07) is 5.53. The third-order valence-electron chi connectivity index (χ3n) is 2.49. The molecular formula is C15H23NO3. The molecule has 1 aromatic rings. The predicted molar refractivity (Wildman–Crippen MR) is 75.2 cm³/mol. The third kappa shape index (κ3) is 5.30. The molecule has 0 aromatic heterocycles. The van der Waals surface area contributed by atoms with E-state index in [1.165, 1.54) is 0 Å². The van der Waals surface area contributed by atoms with E-state index in [-0.39, 0.29) is 18.1 Å². The maximum Gasteiger partial charge on any atom is 0.258 e. The summed E-state index contributed by atoms with van der Waals surface area (Å²) in [6.07, 6.45) is -0.624. The zero-order valence-electron chi connectivity index (χ0n) is 12.3. The van der Waals surface area contributed by atoms with Crippen LogP contribution in [-0.4, -0.2) is 23.2 Å². The van der Waals surface area contributed by atoms with E-state index in [9.17, 15) is 9.90 Å². The first-order valence-electron chi connectivity index (χ1n) is 6.41. The van der Waals surface area contributed by atoms with Gasteiger partial charge in [-0.15, -0.1) is 0 Å². The van der Waals surface area contributed by atoms with Gasteiger partial charge in [-0.05, 0) is 46.8 Å². The summed E-state index contributed by atoms with van der Waals surface area (Å²) < 4.78 is 5.49. The van der Waals surface area contributed by atoms with E-state index >= 15 is 0 Å². The highest BCUT2D eigenvalue weighted by Gasteiger charge is 2.15. The van der Waals surface area contributed by atoms with Crippen molar-refractivity contribution >= 4 is 5.91 Å². The van der Waals surface area contributed by atoms with E-state index in [4.69, 9.17) is 4.74 Å². The molecule has 1 atom stereocenters. The van der Waals surface area contributed by atoms with E-state index in [1.807, 2.05) is 39.8 Å². The highest BCUT2D eigenvalue weighted by atomic mass is 16.5. The lowest BCUT2D eigenvalue weighted by molar-refractivity contribution is -0.124. The van der Waals surface area contributed by atoms with Crippen LogP contribution in [-0.2, 0) is 4.79 Å². The van der Waals surface area contributed by atoms with Gasteiger partial charge in [-0.2, -0.15) is 0 Å². The number of aliphatic hydroxyl groups is 1. The van der Waals surface area contributed by atoms with Crippen molar-refractivity contribution in [2.75, 3.05) is 6.61 Å². The molecule has 0 saturated heterocycles. The van der Waals surface area contributed by atoms with Gasteiger partial charge < -0.3 is 15.2 Å². The second kappa shape index (κ2) is 6.06. The zero-order valence-corrected chi connectivity index (χ0v) is 12.3. The van der Waals surface area contributed by atoms with Gasteiger partial charge in [-0.25, -0.2) is 0 Å². The number of aryl methyl sites for hydroxylation is 1. The van der Waals surface area contributed by atoms with Crippen LogP contribution in [0.1, 0.15) is 44.9 Å². The number of benzene rings is 1. The minimum atomic E-state index is -0.624. The van der Waals surface area contributed by atoms with Crippen LogP contribution < -0.4 is 10.1 Å². The quantitative estimate of drug-likeness (QED) is 0.878. The van der Waals surface area contributed by atoms with Crippen LogP contribution in [0.2, 0.25) is 0 Å². The minimum absolute atomic E-state index is 0.0555. The topological polar surface area (TPSA) is 58.6 Å². The van der Waals surface area contributed by atoms with Crippen molar-refractivity contribution in [1.82, 2.24) is 5.32 Å². The van der Waals surface area contributed by atoms with Gasteiger partial charge in [0.25, 0.3) is 5.91 Å². The fourth-order valence-corrected chi connectivity index (χ4v) is 1.72. The molecule has 0 aliphatic rings. The minimum Gasteiger partial charge on any atom is -0.483 e. The number of ether oxygens (including phenoxy) is 1. The number of nitrogens with one attached hydrogen (secondary N) is 1. The molecule has 1 amide bonds. The number of rotatable bonds is 4. The van der Waals surface area contributed by atoms with Gasteiger partial charge in [0.1, 0.15) is 5.75 Å². The van der Waals surface area contributed by atoms with E-state index in [0.717, 1.165) is 5.56 Å². The maximum absolute atomic E-state index is 11.7. The number of hydrogen-bond donors (Lipinski definition) is 2. The summed E-state index contributed by atoms with van der Waals surface area (Å²) in [6.45, 7) is 9.31. The number of amides is 1. The molecule has 1 aromatic carbocycles. The monoisotopic (exact) mass is 265 g/mol. The molecule has 106 valence electrons. The molecular weight excluding hydrogens is 242 g/mol. The van der Waals surface area contributed by atoms with Crippen LogP contribution in [0.4, 0.5) is 0 Å². The standard InChI is InChI=1S/C15H23NO3/c1-10-6-7-13(12(8-10)11(2)17)19-9-14(18)16-15(3,4)5/h6-8,11,17H,9H2,1-5H3,(H,16,18). The van der Waals surface area contributed by atoms with Crippen molar-refractivity contribution in [3.8, 4) is 5.75 Å². The average molecular weight is 265 g/mol. The predicted octanol–water partition coefficient (Wildman–Crippen LogP) is 2.34. The second-order valence-electron chi connectivity index (χ2n) is 5.80. The molecule has 0 saturated carbocycles. The molecule has 2 N–H and O–H groups in total. The summed E-state index contributed by atoms with van der Waals surface area (Å²) in [5.74, 6) is 0.370. The fourth-order valence-electron chi connectivity index (χ4n) is 1.72. The second-order valence-corrected chi connectivity index (χ2v) is 5.80.